The van der Waals surface area contributed by atoms with E-state index in [9.17, 15) is 19.7 Å². The third kappa shape index (κ3) is 5.15. The van der Waals surface area contributed by atoms with Crippen LogP contribution in [0.2, 0.25) is 0 Å². The van der Waals surface area contributed by atoms with Gasteiger partial charge in [0.1, 0.15) is 5.57 Å². The van der Waals surface area contributed by atoms with Crippen LogP contribution in [0.15, 0.2) is 29.8 Å². The standard InChI is InChI=1S/C14H15NO6/c1-21-7-3-6-13(16)12(14(17)18)9-10-4-2-5-11(8-10)15(19)20/h2,4-5,8-9H,3,6-7H2,1H3,(H,17,18). The molecular weight excluding hydrogens is 278 g/mol. The van der Waals surface area contributed by atoms with Gasteiger partial charge in [-0.05, 0) is 18.1 Å². The highest BCUT2D eigenvalue weighted by Gasteiger charge is 2.17. The lowest BCUT2D eigenvalue weighted by atomic mass is 10.0. The second kappa shape index (κ2) is 7.91. The van der Waals surface area contributed by atoms with Crippen LogP contribution in [0.3, 0.4) is 0 Å². The Bertz CT molecular complexity index is 579. The maximum absolute atomic E-state index is 11.8. The molecule has 0 atom stereocenters. The highest BCUT2D eigenvalue weighted by atomic mass is 16.6. The third-order valence-electron chi connectivity index (χ3n) is 2.68. The Morgan fingerprint density at radius 1 is 1.43 bits per heavy atom. The van der Waals surface area contributed by atoms with Crippen molar-refractivity contribution in [1.29, 1.82) is 0 Å². The molecule has 0 spiro atoms. The molecule has 0 amide bonds. The van der Waals surface area contributed by atoms with Crippen molar-refractivity contribution in [1.82, 2.24) is 0 Å². The number of nitro benzene ring substituents is 1. The van der Waals surface area contributed by atoms with Gasteiger partial charge in [0.25, 0.3) is 5.69 Å². The zero-order chi connectivity index (χ0) is 15.8. The van der Waals surface area contributed by atoms with E-state index in [2.05, 4.69) is 0 Å². The molecule has 0 saturated heterocycles. The second-order valence-corrected chi connectivity index (χ2v) is 4.23. The number of carbonyl (C=O) groups excluding carboxylic acids is 1. The molecule has 0 aliphatic rings. The van der Waals surface area contributed by atoms with Crippen LogP contribution in [0.4, 0.5) is 5.69 Å². The van der Waals surface area contributed by atoms with E-state index in [4.69, 9.17) is 9.84 Å². The van der Waals surface area contributed by atoms with Gasteiger partial charge in [-0.15, -0.1) is 0 Å². The summed E-state index contributed by atoms with van der Waals surface area (Å²) in [6.45, 7) is 0.357. The lowest BCUT2D eigenvalue weighted by Gasteiger charge is -2.02. The molecule has 0 bridgehead atoms. The maximum Gasteiger partial charge on any atom is 0.339 e. The Hall–Kier alpha value is -2.54. The van der Waals surface area contributed by atoms with E-state index < -0.39 is 22.2 Å². The number of nitro groups is 1. The van der Waals surface area contributed by atoms with Crippen LogP contribution in [0.5, 0.6) is 0 Å². The van der Waals surface area contributed by atoms with E-state index in [-0.39, 0.29) is 12.1 Å². The number of carboxylic acids is 1. The van der Waals surface area contributed by atoms with Gasteiger partial charge in [-0.25, -0.2) is 4.79 Å². The minimum absolute atomic E-state index is 0.0426. The van der Waals surface area contributed by atoms with Crippen molar-refractivity contribution in [2.45, 2.75) is 12.8 Å². The van der Waals surface area contributed by atoms with Gasteiger partial charge in [0.2, 0.25) is 0 Å². The van der Waals surface area contributed by atoms with Crippen molar-refractivity contribution < 1.29 is 24.4 Å². The van der Waals surface area contributed by atoms with Crippen LogP contribution in [-0.2, 0) is 14.3 Å². The predicted molar refractivity (Wildman–Crippen MR) is 74.8 cm³/mol. The van der Waals surface area contributed by atoms with Crippen molar-refractivity contribution in [2.75, 3.05) is 13.7 Å². The average Bonchev–Trinajstić information content (AvgIpc) is 2.44. The van der Waals surface area contributed by atoms with Crippen LogP contribution in [0.25, 0.3) is 6.08 Å². The van der Waals surface area contributed by atoms with Crippen molar-refractivity contribution in [3.63, 3.8) is 0 Å². The van der Waals surface area contributed by atoms with Gasteiger partial charge in [0.15, 0.2) is 5.78 Å². The van der Waals surface area contributed by atoms with Gasteiger partial charge >= 0.3 is 5.97 Å². The van der Waals surface area contributed by atoms with E-state index in [1.54, 1.807) is 0 Å². The number of rotatable bonds is 8. The SMILES string of the molecule is COCCCC(=O)C(=Cc1cccc([N+](=O)[O-])c1)C(=O)O. The number of nitrogens with zero attached hydrogens (tertiary/aromatic N) is 1. The predicted octanol–water partition coefficient (Wildman–Crippen LogP) is 2.06. The number of aliphatic carboxylic acids is 1. The number of ether oxygens (including phenoxy) is 1. The molecule has 7 nitrogen and oxygen atoms in total. The highest BCUT2D eigenvalue weighted by molar-refractivity contribution is 6.20. The first kappa shape index (κ1) is 16.5. The number of ketones is 1. The first-order chi connectivity index (χ1) is 9.95. The van der Waals surface area contributed by atoms with E-state index in [1.165, 1.54) is 31.4 Å². The molecule has 0 unspecified atom stereocenters. The van der Waals surface area contributed by atoms with E-state index in [1.807, 2.05) is 0 Å². The molecule has 0 saturated carbocycles. The van der Waals surface area contributed by atoms with Crippen LogP contribution in [-0.4, -0.2) is 35.5 Å². The number of carboxylic acid groups (broad SMARTS) is 1. The fourth-order valence-electron chi connectivity index (χ4n) is 1.67. The fourth-order valence-corrected chi connectivity index (χ4v) is 1.67. The number of Topliss-reactive ketones (excluding diaryl/α,β-unsaturated/α-hetero) is 1. The number of non-ortho nitro benzene ring substituents is 1. The Labute approximate surface area is 121 Å². The van der Waals surface area contributed by atoms with Crippen molar-refractivity contribution in [3.8, 4) is 0 Å². The van der Waals surface area contributed by atoms with Crippen LogP contribution < -0.4 is 0 Å². The zero-order valence-corrected chi connectivity index (χ0v) is 11.4. The zero-order valence-electron chi connectivity index (χ0n) is 11.4. The van der Waals surface area contributed by atoms with Crippen LogP contribution >= 0.6 is 0 Å². The molecule has 1 aromatic rings. The van der Waals surface area contributed by atoms with Gasteiger partial charge in [-0.3, -0.25) is 14.9 Å². The van der Waals surface area contributed by atoms with E-state index in [0.29, 0.717) is 18.6 Å². The molecule has 112 valence electrons. The highest BCUT2D eigenvalue weighted by Crippen LogP contribution is 2.17. The number of benzene rings is 1. The minimum atomic E-state index is -1.36. The van der Waals surface area contributed by atoms with Gasteiger partial charge in [-0.2, -0.15) is 0 Å². The molecule has 0 fully saturated rings. The first-order valence-corrected chi connectivity index (χ1v) is 6.17. The monoisotopic (exact) mass is 293 g/mol. The molecule has 1 aromatic carbocycles. The van der Waals surface area contributed by atoms with Crippen molar-refractivity contribution in [3.05, 3.63) is 45.5 Å². The Balaban J connectivity index is 2.99. The molecule has 0 aliphatic heterocycles. The molecule has 0 aromatic heterocycles. The lowest BCUT2D eigenvalue weighted by Crippen LogP contribution is -2.12. The summed E-state index contributed by atoms with van der Waals surface area (Å²) < 4.78 is 4.80. The molecule has 0 radical (unpaired) electrons. The molecule has 0 aliphatic carbocycles. The normalized spacial score (nSPS) is 11.2. The maximum atomic E-state index is 11.8. The average molecular weight is 293 g/mol. The number of hydrogen-bond acceptors (Lipinski definition) is 5. The second-order valence-electron chi connectivity index (χ2n) is 4.23. The summed E-state index contributed by atoms with van der Waals surface area (Å²) in [4.78, 5) is 33.1. The Kier molecular flexibility index (Phi) is 6.22. The Morgan fingerprint density at radius 3 is 2.71 bits per heavy atom. The molecule has 1 N–H and O–H groups in total. The van der Waals surface area contributed by atoms with Gasteiger partial charge in [0.05, 0.1) is 4.92 Å². The van der Waals surface area contributed by atoms with E-state index in [0.717, 1.165) is 6.08 Å². The number of hydrogen-bond donors (Lipinski definition) is 1. The van der Waals surface area contributed by atoms with Crippen molar-refractivity contribution >= 4 is 23.5 Å². The molecule has 0 heterocycles. The summed E-state index contributed by atoms with van der Waals surface area (Å²) in [7, 11) is 1.49. The molecule has 21 heavy (non-hydrogen) atoms. The summed E-state index contributed by atoms with van der Waals surface area (Å²) in [5, 5.41) is 19.8. The minimum Gasteiger partial charge on any atom is -0.478 e. The van der Waals surface area contributed by atoms with Gasteiger partial charge < -0.3 is 9.84 Å². The largest absolute Gasteiger partial charge is 0.478 e. The first-order valence-electron chi connectivity index (χ1n) is 6.17. The van der Waals surface area contributed by atoms with Gasteiger partial charge in [0, 0.05) is 32.3 Å². The molecular formula is C14H15NO6. The summed E-state index contributed by atoms with van der Waals surface area (Å²) in [6.07, 6.45) is 1.60. The lowest BCUT2D eigenvalue weighted by molar-refractivity contribution is -0.384. The summed E-state index contributed by atoms with van der Waals surface area (Å²) in [5.74, 6) is -1.89. The fraction of sp³-hybridized carbons (Fsp3) is 0.286. The van der Waals surface area contributed by atoms with Crippen LogP contribution in [0.1, 0.15) is 18.4 Å². The topological polar surface area (TPSA) is 107 Å². The number of carbonyl (C=O) groups is 2. The Morgan fingerprint density at radius 2 is 2.14 bits per heavy atom. The summed E-state index contributed by atoms with van der Waals surface area (Å²) in [6, 6.07) is 5.43. The molecule has 7 heteroatoms. The van der Waals surface area contributed by atoms with Crippen LogP contribution in [0, 0.1) is 10.1 Å². The van der Waals surface area contributed by atoms with E-state index >= 15 is 0 Å². The summed E-state index contributed by atoms with van der Waals surface area (Å²) in [5.41, 5.74) is -0.270. The smallest absolute Gasteiger partial charge is 0.339 e. The van der Waals surface area contributed by atoms with Gasteiger partial charge in [-0.1, -0.05) is 12.1 Å². The third-order valence-corrected chi connectivity index (χ3v) is 2.68. The number of methoxy groups -OCH3 is 1. The molecule has 1 rings (SSSR count). The van der Waals surface area contributed by atoms with Crippen molar-refractivity contribution in [2.24, 2.45) is 0 Å². The summed E-state index contributed by atoms with van der Waals surface area (Å²) >= 11 is 0. The quantitative estimate of drug-likeness (QED) is 0.196.